The maximum atomic E-state index is 12.9. The lowest BCUT2D eigenvalue weighted by atomic mass is 9.85. The third-order valence-corrected chi connectivity index (χ3v) is 3.99. The molecule has 0 unspecified atom stereocenters. The van der Waals surface area contributed by atoms with Crippen LogP contribution in [0.1, 0.15) is 40.2 Å². The number of non-ortho nitro benzene ring substituents is 1. The molecule has 0 aliphatic heterocycles. The van der Waals surface area contributed by atoms with E-state index < -0.39 is 4.92 Å². The fourth-order valence-corrected chi connectivity index (χ4v) is 2.67. The van der Waals surface area contributed by atoms with Crippen molar-refractivity contribution >= 4 is 23.0 Å². The molecule has 2 aromatic rings. The van der Waals surface area contributed by atoms with E-state index in [9.17, 15) is 14.9 Å². The zero-order valence-corrected chi connectivity index (χ0v) is 15.3. The van der Waals surface area contributed by atoms with Crippen LogP contribution in [-0.2, 0) is 10.2 Å². The number of nitrogens with zero attached hydrogens (tertiary/aromatic N) is 2. The van der Waals surface area contributed by atoms with Crippen LogP contribution < -0.4 is 4.90 Å². The van der Waals surface area contributed by atoms with E-state index in [4.69, 9.17) is 0 Å². The summed E-state index contributed by atoms with van der Waals surface area (Å²) < 4.78 is 0. The lowest BCUT2D eigenvalue weighted by Gasteiger charge is -2.31. The van der Waals surface area contributed by atoms with Crippen LogP contribution in [0, 0.1) is 16.0 Å². The molecule has 25 heavy (non-hydrogen) atoms. The molecule has 0 spiro atoms. The molecule has 0 fully saturated rings. The van der Waals surface area contributed by atoms with Gasteiger partial charge in [0.25, 0.3) is 5.69 Å². The molecule has 0 aliphatic rings. The summed E-state index contributed by atoms with van der Waals surface area (Å²) in [5, 5.41) is 10.9. The zero-order chi connectivity index (χ0) is 18.8. The smallest absolute Gasteiger partial charge is 0.269 e. The van der Waals surface area contributed by atoms with Gasteiger partial charge < -0.3 is 0 Å². The summed E-state index contributed by atoms with van der Waals surface area (Å²) in [6, 6.07) is 13.9. The summed E-state index contributed by atoms with van der Waals surface area (Å²) in [5.41, 5.74) is 2.34. The van der Waals surface area contributed by atoms with Crippen LogP contribution >= 0.6 is 0 Å². The van der Waals surface area contributed by atoms with Gasteiger partial charge in [-0.25, -0.2) is 0 Å². The van der Waals surface area contributed by atoms with E-state index in [1.54, 1.807) is 17.0 Å². The van der Waals surface area contributed by atoms with Gasteiger partial charge in [0, 0.05) is 23.7 Å². The maximum Gasteiger partial charge on any atom is 0.269 e. The Kier molecular flexibility index (Phi) is 5.26. The minimum atomic E-state index is -0.443. The topological polar surface area (TPSA) is 63.5 Å². The van der Waals surface area contributed by atoms with E-state index in [2.05, 4.69) is 20.8 Å². The highest BCUT2D eigenvalue weighted by Crippen LogP contribution is 2.37. The van der Waals surface area contributed by atoms with E-state index in [0.29, 0.717) is 5.69 Å². The van der Waals surface area contributed by atoms with Crippen molar-refractivity contribution in [2.24, 2.45) is 5.92 Å². The van der Waals surface area contributed by atoms with Gasteiger partial charge in [-0.2, -0.15) is 0 Å². The molecule has 0 aliphatic carbocycles. The van der Waals surface area contributed by atoms with Crippen LogP contribution in [0.25, 0.3) is 0 Å². The number of hydrogen-bond acceptors (Lipinski definition) is 3. The third-order valence-electron chi connectivity index (χ3n) is 3.99. The molecule has 0 saturated heterocycles. The fourth-order valence-electron chi connectivity index (χ4n) is 2.67. The van der Waals surface area contributed by atoms with Gasteiger partial charge in [-0.3, -0.25) is 19.8 Å². The second-order valence-electron chi connectivity index (χ2n) is 7.37. The van der Waals surface area contributed by atoms with Crippen LogP contribution in [0.2, 0.25) is 0 Å². The first-order valence-corrected chi connectivity index (χ1v) is 8.31. The van der Waals surface area contributed by atoms with Crippen LogP contribution in [-0.4, -0.2) is 10.8 Å². The molecule has 2 rings (SSSR count). The molecule has 0 aromatic heterocycles. The number of rotatable bonds is 4. The summed E-state index contributed by atoms with van der Waals surface area (Å²) in [7, 11) is 0. The van der Waals surface area contributed by atoms with Crippen molar-refractivity contribution in [3.63, 3.8) is 0 Å². The van der Waals surface area contributed by atoms with Gasteiger partial charge in [-0.15, -0.1) is 0 Å². The van der Waals surface area contributed by atoms with E-state index in [1.807, 2.05) is 38.1 Å². The second kappa shape index (κ2) is 7.05. The van der Waals surface area contributed by atoms with Crippen molar-refractivity contribution in [1.29, 1.82) is 0 Å². The number of nitro groups is 1. The van der Waals surface area contributed by atoms with Crippen molar-refractivity contribution in [1.82, 2.24) is 0 Å². The summed E-state index contributed by atoms with van der Waals surface area (Å²) in [5.74, 6) is -0.256. The van der Waals surface area contributed by atoms with Gasteiger partial charge in [0.05, 0.1) is 10.6 Å². The number of nitro benzene ring substituents is 1. The second-order valence-corrected chi connectivity index (χ2v) is 7.37. The molecule has 1 amide bonds. The minimum absolute atomic E-state index is 0.00445. The summed E-state index contributed by atoms with van der Waals surface area (Å²) in [6.07, 6.45) is 0. The number of carbonyl (C=O) groups is 1. The van der Waals surface area contributed by atoms with Crippen molar-refractivity contribution in [2.75, 3.05) is 4.90 Å². The summed E-state index contributed by atoms with van der Waals surface area (Å²) >= 11 is 0. The standard InChI is InChI=1S/C20H24N2O3/c1-14(2)19(23)21(15-10-12-16(13-11-15)22(24)25)18-9-7-6-8-17(18)20(3,4)5/h6-14H,1-5H3. The molecule has 0 radical (unpaired) electrons. The molecule has 0 saturated carbocycles. The average molecular weight is 340 g/mol. The monoisotopic (exact) mass is 340 g/mol. The third kappa shape index (κ3) is 4.05. The molecule has 132 valence electrons. The Morgan fingerprint density at radius 2 is 1.60 bits per heavy atom. The molecule has 0 bridgehead atoms. The normalized spacial score (nSPS) is 11.4. The predicted molar refractivity (Wildman–Crippen MR) is 100 cm³/mol. The fraction of sp³-hybridized carbons (Fsp3) is 0.350. The van der Waals surface area contributed by atoms with E-state index in [1.165, 1.54) is 12.1 Å². The minimum Gasteiger partial charge on any atom is -0.281 e. The van der Waals surface area contributed by atoms with Crippen LogP contribution in [0.15, 0.2) is 48.5 Å². The summed E-state index contributed by atoms with van der Waals surface area (Å²) in [6.45, 7) is 9.99. The molecule has 5 nitrogen and oxygen atoms in total. The molecular weight excluding hydrogens is 316 g/mol. The lowest BCUT2D eigenvalue weighted by Crippen LogP contribution is -2.32. The van der Waals surface area contributed by atoms with Crippen LogP contribution in [0.3, 0.4) is 0 Å². The maximum absolute atomic E-state index is 12.9. The SMILES string of the molecule is CC(C)C(=O)N(c1ccc([N+](=O)[O-])cc1)c1ccccc1C(C)(C)C. The highest BCUT2D eigenvalue weighted by Gasteiger charge is 2.27. The van der Waals surface area contributed by atoms with Gasteiger partial charge in [0.15, 0.2) is 0 Å². The first-order valence-electron chi connectivity index (χ1n) is 8.31. The molecular formula is C20H24N2O3. The van der Waals surface area contributed by atoms with Crippen molar-refractivity contribution < 1.29 is 9.72 Å². The van der Waals surface area contributed by atoms with Gasteiger partial charge in [0.1, 0.15) is 0 Å². The molecule has 2 aromatic carbocycles. The number of carbonyl (C=O) groups excluding carboxylic acids is 1. The largest absolute Gasteiger partial charge is 0.281 e. The number of amides is 1. The van der Waals surface area contributed by atoms with E-state index in [0.717, 1.165) is 11.3 Å². The van der Waals surface area contributed by atoms with Crippen molar-refractivity contribution in [3.8, 4) is 0 Å². The number of para-hydroxylation sites is 1. The predicted octanol–water partition coefficient (Wildman–Crippen LogP) is 5.21. The average Bonchev–Trinajstić information content (AvgIpc) is 2.55. The van der Waals surface area contributed by atoms with Crippen molar-refractivity contribution in [3.05, 3.63) is 64.2 Å². The molecule has 5 heteroatoms. The van der Waals surface area contributed by atoms with Gasteiger partial charge in [0.2, 0.25) is 5.91 Å². The molecule has 0 atom stereocenters. The Bertz CT molecular complexity index is 774. The lowest BCUT2D eigenvalue weighted by molar-refractivity contribution is -0.384. The van der Waals surface area contributed by atoms with Crippen molar-refractivity contribution in [2.45, 2.75) is 40.0 Å². The first kappa shape index (κ1) is 18.6. The van der Waals surface area contributed by atoms with Gasteiger partial charge >= 0.3 is 0 Å². The highest BCUT2D eigenvalue weighted by atomic mass is 16.6. The highest BCUT2D eigenvalue weighted by molar-refractivity contribution is 6.02. The first-order chi connectivity index (χ1) is 11.6. The summed E-state index contributed by atoms with van der Waals surface area (Å²) in [4.78, 5) is 25.1. The Labute approximate surface area is 148 Å². The zero-order valence-electron chi connectivity index (χ0n) is 15.3. The number of benzene rings is 2. The van der Waals surface area contributed by atoms with E-state index in [-0.39, 0.29) is 22.9 Å². The molecule has 0 heterocycles. The van der Waals surface area contributed by atoms with E-state index >= 15 is 0 Å². The number of hydrogen-bond donors (Lipinski definition) is 0. The quantitative estimate of drug-likeness (QED) is 0.566. The Hall–Kier alpha value is -2.69. The van der Waals surface area contributed by atoms with Gasteiger partial charge in [-0.05, 0) is 29.2 Å². The van der Waals surface area contributed by atoms with Crippen LogP contribution in [0.5, 0.6) is 0 Å². The Morgan fingerprint density at radius 3 is 2.08 bits per heavy atom. The number of anilines is 2. The van der Waals surface area contributed by atoms with Crippen LogP contribution in [0.4, 0.5) is 17.1 Å². The Balaban J connectivity index is 2.63. The Morgan fingerprint density at radius 1 is 1.04 bits per heavy atom. The molecule has 0 N–H and O–H groups in total. The van der Waals surface area contributed by atoms with Gasteiger partial charge in [-0.1, -0.05) is 52.8 Å².